The molecule has 1 amide bonds. The van der Waals surface area contributed by atoms with E-state index in [9.17, 15) is 41.4 Å². The number of hydrogen-bond acceptors (Lipinski definition) is 7. The number of fused-ring (bicyclic) bond motifs is 1. The Morgan fingerprint density at radius 3 is 2.46 bits per heavy atom. The van der Waals surface area contributed by atoms with Crippen molar-refractivity contribution >= 4 is 33.8 Å². The summed E-state index contributed by atoms with van der Waals surface area (Å²) in [7, 11) is -4.03. The average molecular weight is 565 g/mol. The van der Waals surface area contributed by atoms with Gasteiger partial charge in [-0.3, -0.25) is 9.69 Å². The minimum atomic E-state index is -4.03. The summed E-state index contributed by atoms with van der Waals surface area (Å²) >= 11 is 1.25. The number of aliphatic carboxylic acids is 1. The number of carbonyl (C=O) groups excluding carboxylic acids is 1. The maximum absolute atomic E-state index is 13.8. The van der Waals surface area contributed by atoms with Crippen LogP contribution in [0.2, 0.25) is 0 Å². The summed E-state index contributed by atoms with van der Waals surface area (Å²) in [6, 6.07) is 0.768. The van der Waals surface area contributed by atoms with Gasteiger partial charge in [0.05, 0.1) is 18.1 Å². The number of aliphatic hydroxyl groups excluding tert-OH is 1. The molecule has 4 rings (SSSR count). The third-order valence-corrected chi connectivity index (χ3v) is 9.11. The van der Waals surface area contributed by atoms with Crippen LogP contribution in [0.5, 0.6) is 0 Å². The molecule has 0 aliphatic carbocycles. The highest BCUT2D eigenvalue weighted by atomic mass is 32.2. The number of carboxylic acid groups (broad SMARTS) is 1. The van der Waals surface area contributed by atoms with Crippen LogP contribution in [0.1, 0.15) is 25.8 Å². The minimum absolute atomic E-state index is 0.0279. The summed E-state index contributed by atoms with van der Waals surface area (Å²) in [5.74, 6) is -7.09. The predicted octanol–water partition coefficient (Wildman–Crippen LogP) is 0.727. The fourth-order valence-electron chi connectivity index (χ4n) is 5.43. The standard InChI is InChI=1S/C22H27F3N4O6S2/c1-9-18-16(10(2)30)21(31)29(18)19(22(32)33)20(9)36-13-5-12(6-27-37(26,34)35)28(8-13)7-11-3-14(23)17(25)15(24)4-11/h3-4,9-10,12-13,16,18,27,30H,5-8H2,1-2H3,(H,32,33)(H2,26,34,35)/t9-,10-,12+,13+,16-,18-/m1/s1. The smallest absolute Gasteiger partial charge is 0.353 e. The summed E-state index contributed by atoms with van der Waals surface area (Å²) in [6.45, 7) is 3.41. The van der Waals surface area contributed by atoms with Crippen molar-refractivity contribution < 1.29 is 41.4 Å². The van der Waals surface area contributed by atoms with Crippen molar-refractivity contribution in [2.75, 3.05) is 13.1 Å². The Kier molecular flexibility index (Phi) is 7.67. The van der Waals surface area contributed by atoms with Gasteiger partial charge in [0.2, 0.25) is 5.91 Å². The maximum Gasteiger partial charge on any atom is 0.353 e. The van der Waals surface area contributed by atoms with Gasteiger partial charge in [-0.25, -0.2) is 27.8 Å². The van der Waals surface area contributed by atoms with E-state index in [1.165, 1.54) is 23.6 Å². The lowest BCUT2D eigenvalue weighted by molar-refractivity contribution is -0.163. The largest absolute Gasteiger partial charge is 0.477 e. The molecule has 3 heterocycles. The van der Waals surface area contributed by atoms with Crippen LogP contribution < -0.4 is 9.86 Å². The minimum Gasteiger partial charge on any atom is -0.477 e. The highest BCUT2D eigenvalue weighted by Gasteiger charge is 2.60. The molecule has 0 saturated carbocycles. The van der Waals surface area contributed by atoms with E-state index in [0.29, 0.717) is 11.3 Å². The molecular weight excluding hydrogens is 537 g/mol. The summed E-state index contributed by atoms with van der Waals surface area (Å²) in [5, 5.41) is 24.7. The zero-order valence-corrected chi connectivity index (χ0v) is 21.5. The van der Waals surface area contributed by atoms with Crippen LogP contribution in [0.25, 0.3) is 0 Å². The predicted molar refractivity (Wildman–Crippen MR) is 127 cm³/mol. The summed E-state index contributed by atoms with van der Waals surface area (Å²) in [4.78, 5) is 28.1. The third-order valence-electron chi connectivity index (χ3n) is 7.04. The van der Waals surface area contributed by atoms with Crippen molar-refractivity contribution in [2.45, 2.75) is 50.3 Å². The van der Waals surface area contributed by atoms with Gasteiger partial charge in [0.1, 0.15) is 5.70 Å². The van der Waals surface area contributed by atoms with Crippen molar-refractivity contribution in [3.63, 3.8) is 0 Å². The lowest BCUT2D eigenvalue weighted by Gasteiger charge is -2.46. The summed E-state index contributed by atoms with van der Waals surface area (Å²) < 4.78 is 66.1. The number of nitrogens with one attached hydrogen (secondary N) is 1. The molecular formula is C22H27F3N4O6S2. The number of carboxylic acids is 1. The molecule has 6 atom stereocenters. The Hall–Kier alpha value is -2.17. The lowest BCUT2D eigenvalue weighted by atomic mass is 9.79. The molecule has 5 N–H and O–H groups in total. The number of nitrogens with zero attached hydrogens (tertiary/aromatic N) is 2. The van der Waals surface area contributed by atoms with E-state index in [-0.39, 0.29) is 42.1 Å². The third kappa shape index (κ3) is 5.38. The number of likely N-dealkylation sites (tertiary alicyclic amines) is 1. The molecule has 15 heteroatoms. The Morgan fingerprint density at radius 1 is 1.30 bits per heavy atom. The van der Waals surface area contributed by atoms with Gasteiger partial charge in [0.15, 0.2) is 17.5 Å². The van der Waals surface area contributed by atoms with Crippen molar-refractivity contribution in [2.24, 2.45) is 17.0 Å². The number of benzene rings is 1. The molecule has 204 valence electrons. The van der Waals surface area contributed by atoms with E-state index in [1.54, 1.807) is 11.8 Å². The molecule has 0 bridgehead atoms. The van der Waals surface area contributed by atoms with Gasteiger partial charge in [-0.15, -0.1) is 11.8 Å². The molecule has 0 unspecified atom stereocenters. The Balaban J connectivity index is 1.57. The van der Waals surface area contributed by atoms with Crippen LogP contribution in [0.15, 0.2) is 22.7 Å². The number of carbonyl (C=O) groups is 2. The van der Waals surface area contributed by atoms with Gasteiger partial charge < -0.3 is 15.1 Å². The fourth-order valence-corrected chi connectivity index (χ4v) is 7.45. The summed E-state index contributed by atoms with van der Waals surface area (Å²) in [5.41, 5.74) is 0.00148. The monoisotopic (exact) mass is 564 g/mol. The molecule has 2 saturated heterocycles. The zero-order valence-electron chi connectivity index (χ0n) is 19.9. The number of hydrogen-bond donors (Lipinski definition) is 4. The van der Waals surface area contributed by atoms with E-state index in [1.807, 2.05) is 0 Å². The molecule has 0 spiro atoms. The Labute approximate surface area is 215 Å². The highest BCUT2D eigenvalue weighted by Crippen LogP contribution is 2.52. The Bertz CT molecular complexity index is 1240. The van der Waals surface area contributed by atoms with Crippen LogP contribution in [0, 0.1) is 29.3 Å². The first-order valence-corrected chi connectivity index (χ1v) is 13.9. The first-order chi connectivity index (χ1) is 17.2. The van der Waals surface area contributed by atoms with Crippen molar-refractivity contribution in [1.82, 2.24) is 14.5 Å². The quantitative estimate of drug-likeness (QED) is 0.253. The second-order valence-electron chi connectivity index (χ2n) is 9.60. The van der Waals surface area contributed by atoms with Crippen LogP contribution >= 0.6 is 11.8 Å². The SMILES string of the molecule is C[C@@H](O)[C@H]1C(=O)N2C(C(=O)O)=C(S[C@H]3C[C@@H](CNS(N)(=O)=O)N(Cc4cc(F)c(F)c(F)c4)C3)[C@H](C)[C@H]12. The van der Waals surface area contributed by atoms with Crippen molar-refractivity contribution in [3.8, 4) is 0 Å². The van der Waals surface area contributed by atoms with Gasteiger partial charge in [-0.2, -0.15) is 8.42 Å². The second kappa shape index (κ2) is 10.2. The van der Waals surface area contributed by atoms with Crippen molar-refractivity contribution in [3.05, 3.63) is 45.8 Å². The van der Waals surface area contributed by atoms with Crippen LogP contribution in [-0.2, 0) is 26.3 Å². The number of amides is 1. The molecule has 0 radical (unpaired) electrons. The van der Waals surface area contributed by atoms with E-state index in [0.717, 1.165) is 12.1 Å². The number of rotatable bonds is 9. The van der Waals surface area contributed by atoms with Gasteiger partial charge in [-0.05, 0) is 31.0 Å². The first-order valence-electron chi connectivity index (χ1n) is 11.5. The molecule has 1 aromatic carbocycles. The van der Waals surface area contributed by atoms with E-state index >= 15 is 0 Å². The summed E-state index contributed by atoms with van der Waals surface area (Å²) in [6.07, 6.45) is -0.580. The van der Waals surface area contributed by atoms with Crippen LogP contribution in [0.3, 0.4) is 0 Å². The van der Waals surface area contributed by atoms with Gasteiger partial charge >= 0.3 is 5.97 Å². The number of β-lactam (4-membered cyclic amide) rings is 1. The maximum atomic E-state index is 13.8. The molecule has 10 nitrogen and oxygen atoms in total. The van der Waals surface area contributed by atoms with Gasteiger partial charge in [0, 0.05) is 41.7 Å². The molecule has 37 heavy (non-hydrogen) atoms. The number of nitrogens with two attached hydrogens (primary N) is 1. The zero-order chi connectivity index (χ0) is 27.4. The first kappa shape index (κ1) is 27.9. The molecule has 0 aromatic heterocycles. The topological polar surface area (TPSA) is 153 Å². The molecule has 1 aromatic rings. The normalized spacial score (nSPS) is 29.0. The van der Waals surface area contributed by atoms with E-state index < -0.39 is 63.6 Å². The molecule has 3 aliphatic rings. The van der Waals surface area contributed by atoms with E-state index in [2.05, 4.69) is 4.72 Å². The molecule has 3 aliphatic heterocycles. The number of aliphatic hydroxyl groups is 1. The Morgan fingerprint density at radius 2 is 1.92 bits per heavy atom. The number of halogens is 3. The molecule has 2 fully saturated rings. The average Bonchev–Trinajstić information content (AvgIpc) is 3.26. The van der Waals surface area contributed by atoms with Crippen LogP contribution in [0.4, 0.5) is 13.2 Å². The van der Waals surface area contributed by atoms with Gasteiger partial charge in [0.25, 0.3) is 10.2 Å². The lowest BCUT2D eigenvalue weighted by Crippen LogP contribution is -2.63. The van der Waals surface area contributed by atoms with Gasteiger partial charge in [-0.1, -0.05) is 6.92 Å². The van der Waals surface area contributed by atoms with E-state index in [4.69, 9.17) is 5.14 Å². The van der Waals surface area contributed by atoms with Crippen molar-refractivity contribution in [1.29, 1.82) is 0 Å². The fraction of sp³-hybridized carbons (Fsp3) is 0.545. The highest BCUT2D eigenvalue weighted by molar-refractivity contribution is 8.03. The number of thioether (sulfide) groups is 1. The second-order valence-corrected chi connectivity index (χ2v) is 12.3. The van der Waals surface area contributed by atoms with Crippen LogP contribution in [-0.4, -0.2) is 76.8 Å².